The van der Waals surface area contributed by atoms with Crippen molar-refractivity contribution in [2.45, 2.75) is 116 Å². The lowest BCUT2D eigenvalue weighted by molar-refractivity contribution is -0.137. The van der Waals surface area contributed by atoms with Crippen LogP contribution in [0.3, 0.4) is 0 Å². The molecule has 1 heterocycles. The molecule has 0 atom stereocenters. The van der Waals surface area contributed by atoms with Crippen molar-refractivity contribution in [2.24, 2.45) is 0 Å². The first-order valence-corrected chi connectivity index (χ1v) is 15.3. The molecular formula is C35H48N2O2. The SMILES string of the molecule is CCCCCCCC(=O)O.CCCCCCc1cnc(-c2ccc(-c3ccc(C4CCCC4)cc3)cc2)nc1. The van der Waals surface area contributed by atoms with Crippen LogP contribution < -0.4 is 0 Å². The highest BCUT2D eigenvalue weighted by Gasteiger charge is 2.16. The third-order valence-electron chi connectivity index (χ3n) is 7.73. The van der Waals surface area contributed by atoms with Crippen molar-refractivity contribution >= 4 is 5.97 Å². The summed E-state index contributed by atoms with van der Waals surface area (Å²) in [7, 11) is 0. The molecule has 1 aliphatic carbocycles. The molecule has 3 aromatic rings. The summed E-state index contributed by atoms with van der Waals surface area (Å²) in [5, 5.41) is 8.27. The van der Waals surface area contributed by atoms with E-state index in [4.69, 9.17) is 5.11 Å². The van der Waals surface area contributed by atoms with Crippen LogP contribution in [0.2, 0.25) is 0 Å². The molecule has 0 aliphatic heterocycles. The minimum atomic E-state index is -0.670. The number of hydrogen-bond acceptors (Lipinski definition) is 3. The standard InChI is InChI=1S/C27H32N2.C8H16O2/c1-2-3-4-5-8-21-19-28-27(29-20-21)26-17-15-25(16-18-26)24-13-11-23(12-14-24)22-9-6-7-10-22;1-2-3-4-5-6-7-8(9)10/h11-20,22H,2-10H2,1H3;2-7H2,1H3,(H,9,10). The Balaban J connectivity index is 0.000000360. The predicted octanol–water partition coefficient (Wildman–Crippen LogP) is 10.0. The van der Waals surface area contributed by atoms with Gasteiger partial charge in [-0.1, -0.05) is 120 Å². The van der Waals surface area contributed by atoms with Gasteiger partial charge < -0.3 is 5.11 Å². The van der Waals surface area contributed by atoms with Gasteiger partial charge >= 0.3 is 5.97 Å². The fraction of sp³-hybridized carbons (Fsp3) is 0.514. The van der Waals surface area contributed by atoms with Crippen LogP contribution in [0.1, 0.15) is 121 Å². The molecule has 4 rings (SSSR count). The number of carbonyl (C=O) groups is 1. The van der Waals surface area contributed by atoms with Crippen LogP contribution in [-0.2, 0) is 11.2 Å². The van der Waals surface area contributed by atoms with E-state index < -0.39 is 5.97 Å². The Kier molecular flexibility index (Phi) is 13.7. The summed E-state index contributed by atoms with van der Waals surface area (Å²) in [5.74, 6) is 0.917. The molecule has 210 valence electrons. The summed E-state index contributed by atoms with van der Waals surface area (Å²) >= 11 is 0. The molecule has 4 heteroatoms. The zero-order chi connectivity index (χ0) is 27.7. The first-order valence-electron chi connectivity index (χ1n) is 15.3. The Hall–Kier alpha value is -3.01. The van der Waals surface area contributed by atoms with Gasteiger partial charge in [0.25, 0.3) is 0 Å². The Morgan fingerprint density at radius 1 is 0.718 bits per heavy atom. The number of aromatic nitrogens is 2. The van der Waals surface area contributed by atoms with Gasteiger partial charge in [0.15, 0.2) is 5.82 Å². The maximum Gasteiger partial charge on any atom is 0.303 e. The lowest BCUT2D eigenvalue weighted by Crippen LogP contribution is -1.93. The van der Waals surface area contributed by atoms with Crippen molar-refractivity contribution in [3.63, 3.8) is 0 Å². The maximum atomic E-state index is 10.0. The third-order valence-corrected chi connectivity index (χ3v) is 7.73. The molecule has 0 amide bonds. The topological polar surface area (TPSA) is 63.1 Å². The van der Waals surface area contributed by atoms with Gasteiger partial charge in [-0.2, -0.15) is 0 Å². The second-order valence-corrected chi connectivity index (χ2v) is 11.0. The number of nitrogens with zero attached hydrogens (tertiary/aromatic N) is 2. The normalized spacial score (nSPS) is 13.2. The van der Waals surface area contributed by atoms with Gasteiger partial charge in [-0.05, 0) is 60.3 Å². The summed E-state index contributed by atoms with van der Waals surface area (Å²) < 4.78 is 0. The van der Waals surface area contributed by atoms with E-state index in [0.717, 1.165) is 36.6 Å². The molecule has 2 aromatic carbocycles. The van der Waals surface area contributed by atoms with Crippen molar-refractivity contribution in [3.8, 4) is 22.5 Å². The predicted molar refractivity (Wildman–Crippen MR) is 163 cm³/mol. The van der Waals surface area contributed by atoms with Crippen molar-refractivity contribution < 1.29 is 9.90 Å². The first kappa shape index (κ1) is 30.5. The smallest absolute Gasteiger partial charge is 0.303 e. The van der Waals surface area contributed by atoms with E-state index in [2.05, 4.69) is 72.3 Å². The van der Waals surface area contributed by atoms with Crippen molar-refractivity contribution in [2.75, 3.05) is 0 Å². The second kappa shape index (κ2) is 17.6. The highest BCUT2D eigenvalue weighted by molar-refractivity contribution is 5.68. The Morgan fingerprint density at radius 3 is 1.79 bits per heavy atom. The van der Waals surface area contributed by atoms with Gasteiger partial charge in [-0.25, -0.2) is 9.97 Å². The maximum absolute atomic E-state index is 10.0. The first-order chi connectivity index (χ1) is 19.1. The highest BCUT2D eigenvalue weighted by atomic mass is 16.4. The highest BCUT2D eigenvalue weighted by Crippen LogP contribution is 2.35. The van der Waals surface area contributed by atoms with Gasteiger partial charge in [-0.15, -0.1) is 0 Å². The van der Waals surface area contributed by atoms with Crippen LogP contribution in [0.5, 0.6) is 0 Å². The van der Waals surface area contributed by atoms with Gasteiger partial charge in [0.1, 0.15) is 0 Å². The quantitative estimate of drug-likeness (QED) is 0.211. The van der Waals surface area contributed by atoms with Crippen LogP contribution in [-0.4, -0.2) is 21.0 Å². The molecule has 39 heavy (non-hydrogen) atoms. The zero-order valence-corrected chi connectivity index (χ0v) is 24.2. The molecule has 0 spiro atoms. The van der Waals surface area contributed by atoms with Crippen molar-refractivity contribution in [3.05, 3.63) is 72.1 Å². The molecular weight excluding hydrogens is 480 g/mol. The van der Waals surface area contributed by atoms with Crippen molar-refractivity contribution in [1.29, 1.82) is 0 Å². The number of benzene rings is 2. The van der Waals surface area contributed by atoms with Gasteiger partial charge in [0.2, 0.25) is 0 Å². The molecule has 1 N–H and O–H groups in total. The number of aliphatic carboxylic acids is 1. The Bertz CT molecular complexity index is 1070. The van der Waals surface area contributed by atoms with Crippen molar-refractivity contribution in [1.82, 2.24) is 9.97 Å². The van der Waals surface area contributed by atoms with E-state index in [0.29, 0.717) is 6.42 Å². The average molecular weight is 529 g/mol. The van der Waals surface area contributed by atoms with Crippen LogP contribution >= 0.6 is 0 Å². The second-order valence-electron chi connectivity index (χ2n) is 11.0. The van der Waals surface area contributed by atoms with Crippen LogP contribution in [0.25, 0.3) is 22.5 Å². The van der Waals surface area contributed by atoms with E-state index in [1.54, 1.807) is 0 Å². The van der Waals surface area contributed by atoms with E-state index >= 15 is 0 Å². The minimum absolute atomic E-state index is 0.337. The lowest BCUT2D eigenvalue weighted by Gasteiger charge is -2.10. The van der Waals surface area contributed by atoms with E-state index in [1.807, 2.05) is 12.4 Å². The number of carboxylic acids is 1. The van der Waals surface area contributed by atoms with E-state index in [-0.39, 0.29) is 0 Å². The third kappa shape index (κ3) is 10.9. The number of aryl methyl sites for hydroxylation is 1. The number of unbranched alkanes of at least 4 members (excludes halogenated alkanes) is 7. The van der Waals surface area contributed by atoms with E-state index in [9.17, 15) is 4.79 Å². The Labute approximate surface area is 236 Å². The largest absolute Gasteiger partial charge is 0.481 e. The molecule has 1 aliphatic rings. The minimum Gasteiger partial charge on any atom is -0.481 e. The summed E-state index contributed by atoms with van der Waals surface area (Å²) in [5.41, 5.74) is 6.35. The molecule has 0 radical (unpaired) electrons. The molecule has 1 saturated carbocycles. The van der Waals surface area contributed by atoms with Gasteiger partial charge in [0.05, 0.1) is 0 Å². The summed E-state index contributed by atoms with van der Waals surface area (Å²) in [6, 6.07) is 17.8. The fourth-order valence-corrected chi connectivity index (χ4v) is 5.29. The summed E-state index contributed by atoms with van der Waals surface area (Å²) in [4.78, 5) is 19.2. The average Bonchev–Trinajstić information content (AvgIpc) is 3.51. The van der Waals surface area contributed by atoms with Gasteiger partial charge in [-0.3, -0.25) is 4.79 Å². The zero-order valence-electron chi connectivity index (χ0n) is 24.2. The van der Waals surface area contributed by atoms with Gasteiger partial charge in [0, 0.05) is 24.4 Å². The number of hydrogen-bond donors (Lipinski definition) is 1. The molecule has 0 bridgehead atoms. The van der Waals surface area contributed by atoms with Crippen LogP contribution in [0, 0.1) is 0 Å². The van der Waals surface area contributed by atoms with Crippen LogP contribution in [0.15, 0.2) is 60.9 Å². The number of carboxylic acid groups (broad SMARTS) is 1. The molecule has 1 fully saturated rings. The molecule has 1 aromatic heterocycles. The summed E-state index contributed by atoms with van der Waals surface area (Å²) in [6.07, 6.45) is 21.5. The van der Waals surface area contributed by atoms with Crippen LogP contribution in [0.4, 0.5) is 0 Å². The molecule has 4 nitrogen and oxygen atoms in total. The van der Waals surface area contributed by atoms with E-state index in [1.165, 1.54) is 92.9 Å². The molecule has 0 saturated heterocycles. The lowest BCUT2D eigenvalue weighted by atomic mass is 9.95. The monoisotopic (exact) mass is 528 g/mol. The summed E-state index contributed by atoms with van der Waals surface area (Å²) in [6.45, 7) is 4.39. The number of rotatable bonds is 14. The Morgan fingerprint density at radius 2 is 1.23 bits per heavy atom. The molecule has 0 unspecified atom stereocenters. The fourth-order valence-electron chi connectivity index (χ4n) is 5.29.